The first kappa shape index (κ1) is 50.4. The van der Waals surface area contributed by atoms with Crippen molar-refractivity contribution in [3.63, 3.8) is 0 Å². The normalized spacial score (nSPS) is 14.0. The lowest BCUT2D eigenvalue weighted by Crippen LogP contribution is -2.31. The Morgan fingerprint density at radius 3 is 1.59 bits per heavy atom. The number of hydrogen-bond donors (Lipinski definition) is 0. The molecule has 8 aliphatic carbocycles. The summed E-state index contributed by atoms with van der Waals surface area (Å²) in [5, 5.41) is 2.34. The van der Waals surface area contributed by atoms with Crippen LogP contribution in [0.5, 0.6) is 11.5 Å². The van der Waals surface area contributed by atoms with Crippen LogP contribution in [0.3, 0.4) is 0 Å². The molecule has 0 amide bonds. The molecule has 0 spiro atoms. The smallest absolute Gasteiger partial charge is 0.269 e. The SMILES string of the molecule is CC(C)(C)c1ccnc(-n2c3ccccc3c3ccc(Oc4cccc(-n5[c-][n+](-c6c(-c7cc8ccc7CCCc7ccc(cc7)CCC8)cccc6-c6cc7ccc6CCCc6ccc(cc6)CCC7)c6ccccc65)c4)cc32)c1. The summed E-state index contributed by atoms with van der Waals surface area (Å²) < 4.78 is 13.8. The van der Waals surface area contributed by atoms with Crippen LogP contribution < -0.4 is 9.30 Å². The molecule has 0 aliphatic heterocycles. The van der Waals surface area contributed by atoms with Gasteiger partial charge in [-0.05, 0) is 203 Å². The van der Waals surface area contributed by atoms with E-state index in [1.807, 2.05) is 6.20 Å². The minimum Gasteiger partial charge on any atom is -0.458 e. The molecule has 0 N–H and O–H groups in total. The van der Waals surface area contributed by atoms with Gasteiger partial charge in [0.1, 0.15) is 17.3 Å². The van der Waals surface area contributed by atoms with Crippen molar-refractivity contribution in [2.75, 3.05) is 0 Å². The van der Waals surface area contributed by atoms with E-state index in [0.717, 1.165) is 133 Å². The molecule has 8 bridgehead atoms. The Hall–Kier alpha value is -8.80. The van der Waals surface area contributed by atoms with Gasteiger partial charge in [-0.15, -0.1) is 0 Å². The zero-order valence-electron chi connectivity index (χ0n) is 46.9. The average Bonchev–Trinajstić information content (AvgIpc) is 4.24. The number of hydrogen-bond acceptors (Lipinski definition) is 2. The van der Waals surface area contributed by atoms with Crippen molar-refractivity contribution in [3.05, 3.63) is 269 Å². The first-order valence-electron chi connectivity index (χ1n) is 29.5. The van der Waals surface area contributed by atoms with Gasteiger partial charge in [-0.25, -0.2) is 4.98 Å². The standard InChI is InChI=1S/C76H68N4O/c1-76(2,3)60-44-45-77-74(48-60)80-70-27-5-4-24-64(70)65-43-42-63(50-73(65)80)81-62-23-12-22-61(49-62)78-51-79(72-29-7-6-28-71(72)78)75-66(68-46-56-18-8-14-52-30-34-54(35-31-52)16-10-20-58(68)40-38-56)25-13-26-67(75)69-47-57-19-9-15-53-32-36-55(37-33-53)17-11-21-59(69)41-39-57/h4-7,12-13,22-50H,8-11,14-21H2,1-3H3. The highest BCUT2D eigenvalue weighted by atomic mass is 16.5. The lowest BCUT2D eigenvalue weighted by Gasteiger charge is -2.22. The van der Waals surface area contributed by atoms with Crippen molar-refractivity contribution in [1.82, 2.24) is 14.1 Å². The topological polar surface area (TPSA) is 35.9 Å². The fraction of sp³-hybridized carbons (Fsp3) is 0.211. The Labute approximate surface area is 476 Å². The zero-order chi connectivity index (χ0) is 54.4. The summed E-state index contributed by atoms with van der Waals surface area (Å²) in [6.45, 7) is 6.75. The summed E-state index contributed by atoms with van der Waals surface area (Å²) in [6.07, 6.45) is 18.6. The van der Waals surface area contributed by atoms with E-state index < -0.39 is 0 Å². The lowest BCUT2D eigenvalue weighted by molar-refractivity contribution is -0.571. The van der Waals surface area contributed by atoms with E-state index in [1.54, 1.807) is 0 Å². The Morgan fingerprint density at radius 2 is 0.963 bits per heavy atom. The number of ether oxygens (including phenoxy) is 1. The maximum absolute atomic E-state index is 6.92. The summed E-state index contributed by atoms with van der Waals surface area (Å²) in [5.74, 6) is 2.40. The first-order chi connectivity index (χ1) is 39.7. The number of nitrogens with zero attached hydrogens (tertiary/aromatic N) is 4. The van der Waals surface area contributed by atoms with Gasteiger partial charge >= 0.3 is 0 Å². The molecule has 0 radical (unpaired) electrons. The quantitative estimate of drug-likeness (QED) is 0.118. The highest BCUT2D eigenvalue weighted by molar-refractivity contribution is 6.09. The van der Waals surface area contributed by atoms with Crippen molar-refractivity contribution < 1.29 is 9.30 Å². The number of imidazole rings is 1. The third-order valence-corrected chi connectivity index (χ3v) is 17.3. The molecule has 81 heavy (non-hydrogen) atoms. The molecule has 0 saturated heterocycles. The number of para-hydroxylation sites is 4. The van der Waals surface area contributed by atoms with E-state index in [4.69, 9.17) is 9.72 Å². The molecule has 0 fully saturated rings. The lowest BCUT2D eigenvalue weighted by atomic mass is 9.86. The van der Waals surface area contributed by atoms with Crippen molar-refractivity contribution in [2.24, 2.45) is 0 Å². The van der Waals surface area contributed by atoms with Gasteiger partial charge in [0.2, 0.25) is 0 Å². The second-order valence-corrected chi connectivity index (χ2v) is 23.8. The fourth-order valence-corrected chi connectivity index (χ4v) is 12.9. The number of rotatable bonds is 7. The molecule has 5 heteroatoms. The summed E-state index contributed by atoms with van der Waals surface area (Å²) in [7, 11) is 0. The summed E-state index contributed by atoms with van der Waals surface area (Å²) >= 11 is 0. The summed E-state index contributed by atoms with van der Waals surface area (Å²) in [4.78, 5) is 4.94. The maximum atomic E-state index is 6.92. The molecular formula is C76H68N4O. The molecular weight excluding hydrogens is 985 g/mol. The Morgan fingerprint density at radius 1 is 0.432 bits per heavy atom. The third kappa shape index (κ3) is 10.0. The van der Waals surface area contributed by atoms with Gasteiger partial charge < -0.3 is 4.74 Å². The second kappa shape index (κ2) is 21.3. The van der Waals surface area contributed by atoms with Crippen LogP contribution in [-0.4, -0.2) is 14.1 Å². The Balaban J connectivity index is 0.905. The highest BCUT2D eigenvalue weighted by Crippen LogP contribution is 2.41. The van der Waals surface area contributed by atoms with Crippen LogP contribution in [-0.2, 0) is 56.8 Å². The second-order valence-electron chi connectivity index (χ2n) is 23.8. The van der Waals surface area contributed by atoms with E-state index in [2.05, 4.69) is 247 Å². The minimum absolute atomic E-state index is 0.0230. The predicted octanol–water partition coefficient (Wildman–Crippen LogP) is 18.0. The number of aryl methyl sites for hydroxylation is 8. The molecule has 0 unspecified atom stereocenters. The van der Waals surface area contributed by atoms with Gasteiger partial charge in [-0.2, -0.15) is 0 Å². The van der Waals surface area contributed by atoms with E-state index >= 15 is 0 Å². The molecule has 0 saturated carbocycles. The molecule has 8 aliphatic rings. The van der Waals surface area contributed by atoms with Crippen LogP contribution in [0.15, 0.2) is 212 Å². The molecule has 3 aromatic heterocycles. The molecule has 398 valence electrons. The highest BCUT2D eigenvalue weighted by Gasteiger charge is 2.24. The number of aromatic nitrogens is 4. The van der Waals surface area contributed by atoms with Gasteiger partial charge in [0, 0.05) is 23.0 Å². The third-order valence-electron chi connectivity index (χ3n) is 17.3. The Bertz CT molecular complexity index is 4180. The molecule has 0 atom stereocenters. The molecule has 9 aromatic carbocycles. The van der Waals surface area contributed by atoms with Crippen LogP contribution in [0.1, 0.15) is 96.5 Å². The van der Waals surface area contributed by atoms with Crippen LogP contribution in [0, 0.1) is 6.33 Å². The van der Waals surface area contributed by atoms with Gasteiger partial charge in [0.25, 0.3) is 6.33 Å². The zero-order valence-corrected chi connectivity index (χ0v) is 46.9. The first-order valence-corrected chi connectivity index (χ1v) is 29.5. The largest absolute Gasteiger partial charge is 0.458 e. The number of fused-ring (bicyclic) bond motifs is 4. The van der Waals surface area contributed by atoms with E-state index in [1.165, 1.54) is 77.7 Å². The summed E-state index contributed by atoms with van der Waals surface area (Å²) in [5.41, 5.74) is 24.0. The minimum atomic E-state index is -0.0230. The molecule has 12 aromatic rings. The monoisotopic (exact) mass is 1050 g/mol. The number of benzene rings is 9. The van der Waals surface area contributed by atoms with Gasteiger partial charge in [0.15, 0.2) is 0 Å². The molecule has 20 rings (SSSR count). The molecule has 5 nitrogen and oxygen atoms in total. The van der Waals surface area contributed by atoms with Crippen LogP contribution in [0.2, 0.25) is 0 Å². The van der Waals surface area contributed by atoms with Gasteiger partial charge in [0.05, 0.1) is 33.4 Å². The predicted molar refractivity (Wildman–Crippen MR) is 333 cm³/mol. The van der Waals surface area contributed by atoms with Crippen molar-refractivity contribution in [2.45, 2.75) is 103 Å². The van der Waals surface area contributed by atoms with Crippen LogP contribution >= 0.6 is 0 Å². The van der Waals surface area contributed by atoms with E-state index in [-0.39, 0.29) is 5.41 Å². The average molecular weight is 1050 g/mol. The van der Waals surface area contributed by atoms with Gasteiger partial charge in [-0.3, -0.25) is 13.7 Å². The van der Waals surface area contributed by atoms with Crippen LogP contribution in [0.4, 0.5) is 0 Å². The Kier molecular flexibility index (Phi) is 13.3. The maximum Gasteiger partial charge on any atom is 0.269 e. The molecule has 3 heterocycles. The van der Waals surface area contributed by atoms with Crippen molar-refractivity contribution >= 4 is 32.8 Å². The van der Waals surface area contributed by atoms with Crippen molar-refractivity contribution in [3.8, 4) is 50.9 Å². The van der Waals surface area contributed by atoms with E-state index in [0.29, 0.717) is 0 Å². The number of pyridine rings is 1. The van der Waals surface area contributed by atoms with Gasteiger partial charge in [-0.1, -0.05) is 172 Å². The fourth-order valence-electron chi connectivity index (χ4n) is 12.9. The summed E-state index contributed by atoms with van der Waals surface area (Å²) in [6, 6.07) is 77.4. The van der Waals surface area contributed by atoms with Crippen molar-refractivity contribution in [1.29, 1.82) is 0 Å². The van der Waals surface area contributed by atoms with E-state index in [9.17, 15) is 0 Å². The van der Waals surface area contributed by atoms with Crippen LogP contribution in [0.25, 0.3) is 72.3 Å².